The Kier molecular flexibility index (Phi) is 10.8. The molecule has 0 unspecified atom stereocenters. The van der Waals surface area contributed by atoms with Crippen molar-refractivity contribution in [1.29, 1.82) is 0 Å². The van der Waals surface area contributed by atoms with Crippen LogP contribution in [0.5, 0.6) is 0 Å². The molecular formula is C29H33Cl2N3O4S. The second-order valence-electron chi connectivity index (χ2n) is 9.00. The van der Waals surface area contributed by atoms with Crippen LogP contribution in [0, 0.1) is 0 Å². The molecule has 0 aromatic heterocycles. The number of aryl methyl sites for hydroxylation is 1. The van der Waals surface area contributed by atoms with Crippen LogP contribution in [0.1, 0.15) is 38.3 Å². The maximum atomic E-state index is 14.0. The molecule has 0 saturated heterocycles. The zero-order valence-electron chi connectivity index (χ0n) is 22.2. The number of rotatable bonds is 12. The molecule has 1 N–H and O–H groups in total. The lowest BCUT2D eigenvalue weighted by molar-refractivity contribution is -0.139. The molecule has 3 aromatic carbocycles. The summed E-state index contributed by atoms with van der Waals surface area (Å²) >= 11 is 12.8. The zero-order valence-corrected chi connectivity index (χ0v) is 24.6. The molecule has 0 aliphatic rings. The molecule has 1 atom stereocenters. The number of hydrogen-bond acceptors (Lipinski definition) is 4. The van der Waals surface area contributed by atoms with E-state index in [-0.39, 0.29) is 17.3 Å². The van der Waals surface area contributed by atoms with Gasteiger partial charge in [-0.05, 0) is 55.7 Å². The Morgan fingerprint density at radius 2 is 1.51 bits per heavy atom. The molecule has 7 nitrogen and oxygen atoms in total. The van der Waals surface area contributed by atoms with Crippen molar-refractivity contribution in [1.82, 2.24) is 10.2 Å². The van der Waals surface area contributed by atoms with Gasteiger partial charge >= 0.3 is 0 Å². The summed E-state index contributed by atoms with van der Waals surface area (Å²) in [6.07, 6.45) is 1.28. The molecule has 0 aliphatic heterocycles. The van der Waals surface area contributed by atoms with E-state index in [0.717, 1.165) is 16.3 Å². The number of para-hydroxylation sites is 1. The SMILES string of the molecule is CCCNC(=O)[C@H](C)N(Cc1c(Cl)cccc1Cl)C(=O)CN(c1ccccc1CC)S(=O)(=O)c1ccccc1. The van der Waals surface area contributed by atoms with Crippen molar-refractivity contribution in [3.05, 3.63) is 94.0 Å². The van der Waals surface area contributed by atoms with Crippen molar-refractivity contribution in [3.8, 4) is 0 Å². The van der Waals surface area contributed by atoms with Gasteiger partial charge in [-0.3, -0.25) is 13.9 Å². The lowest BCUT2D eigenvalue weighted by Crippen LogP contribution is -2.51. The minimum Gasteiger partial charge on any atom is -0.354 e. The quantitative estimate of drug-likeness (QED) is 0.294. The third kappa shape index (κ3) is 7.32. The first-order chi connectivity index (χ1) is 18.6. The number of sulfonamides is 1. The van der Waals surface area contributed by atoms with E-state index < -0.39 is 28.5 Å². The zero-order chi connectivity index (χ0) is 28.6. The number of hydrogen-bond donors (Lipinski definition) is 1. The molecule has 0 bridgehead atoms. The van der Waals surface area contributed by atoms with E-state index in [4.69, 9.17) is 23.2 Å². The molecule has 0 fully saturated rings. The Morgan fingerprint density at radius 3 is 2.13 bits per heavy atom. The molecule has 10 heteroatoms. The highest BCUT2D eigenvalue weighted by Crippen LogP contribution is 2.30. The number of anilines is 1. The van der Waals surface area contributed by atoms with Crippen LogP contribution in [0.25, 0.3) is 0 Å². The molecule has 3 aromatic rings. The van der Waals surface area contributed by atoms with Crippen LogP contribution < -0.4 is 9.62 Å². The van der Waals surface area contributed by atoms with Gasteiger partial charge in [0.05, 0.1) is 10.6 Å². The van der Waals surface area contributed by atoms with Gasteiger partial charge in [0.1, 0.15) is 12.6 Å². The normalized spacial score (nSPS) is 12.0. The van der Waals surface area contributed by atoms with E-state index in [1.54, 1.807) is 55.5 Å². The lowest BCUT2D eigenvalue weighted by atomic mass is 10.1. The Morgan fingerprint density at radius 1 is 0.897 bits per heavy atom. The Labute approximate surface area is 240 Å². The molecule has 3 rings (SSSR count). The van der Waals surface area contributed by atoms with Crippen molar-refractivity contribution in [2.75, 3.05) is 17.4 Å². The summed E-state index contributed by atoms with van der Waals surface area (Å²) in [6, 6.07) is 19.1. The average molecular weight is 591 g/mol. The van der Waals surface area contributed by atoms with E-state index >= 15 is 0 Å². The van der Waals surface area contributed by atoms with Crippen LogP contribution in [0.3, 0.4) is 0 Å². The van der Waals surface area contributed by atoms with E-state index in [1.165, 1.54) is 17.0 Å². The first kappa shape index (κ1) is 30.5. The van der Waals surface area contributed by atoms with E-state index in [1.807, 2.05) is 26.0 Å². The summed E-state index contributed by atoms with van der Waals surface area (Å²) in [5, 5.41) is 3.49. The number of carbonyl (C=O) groups is 2. The van der Waals surface area contributed by atoms with Crippen LogP contribution >= 0.6 is 23.2 Å². The van der Waals surface area contributed by atoms with Crippen molar-refractivity contribution in [3.63, 3.8) is 0 Å². The maximum absolute atomic E-state index is 14.0. The first-order valence-corrected chi connectivity index (χ1v) is 15.0. The van der Waals surface area contributed by atoms with Crippen molar-refractivity contribution < 1.29 is 18.0 Å². The molecule has 0 aliphatic carbocycles. The number of carbonyl (C=O) groups excluding carboxylic acids is 2. The van der Waals surface area contributed by atoms with Crippen LogP contribution in [0.2, 0.25) is 10.0 Å². The van der Waals surface area contributed by atoms with Gasteiger partial charge in [-0.2, -0.15) is 0 Å². The summed E-state index contributed by atoms with van der Waals surface area (Å²) in [6.45, 7) is 5.28. The smallest absolute Gasteiger partial charge is 0.264 e. The van der Waals surface area contributed by atoms with Crippen molar-refractivity contribution in [2.24, 2.45) is 0 Å². The predicted molar refractivity (Wildman–Crippen MR) is 157 cm³/mol. The van der Waals surface area contributed by atoms with Gasteiger partial charge in [0.2, 0.25) is 11.8 Å². The van der Waals surface area contributed by atoms with Gasteiger partial charge in [-0.15, -0.1) is 0 Å². The Balaban J connectivity index is 2.08. The van der Waals surface area contributed by atoms with Gasteiger partial charge < -0.3 is 10.2 Å². The fraction of sp³-hybridized carbons (Fsp3) is 0.310. The van der Waals surface area contributed by atoms with Crippen molar-refractivity contribution >= 4 is 50.7 Å². The van der Waals surface area contributed by atoms with Gasteiger partial charge in [0.25, 0.3) is 10.0 Å². The molecule has 0 radical (unpaired) electrons. The summed E-state index contributed by atoms with van der Waals surface area (Å²) in [5.74, 6) is -0.935. The lowest BCUT2D eigenvalue weighted by Gasteiger charge is -2.33. The summed E-state index contributed by atoms with van der Waals surface area (Å²) in [4.78, 5) is 28.4. The van der Waals surface area contributed by atoms with Gasteiger partial charge in [0.15, 0.2) is 0 Å². The third-order valence-electron chi connectivity index (χ3n) is 6.36. The van der Waals surface area contributed by atoms with Gasteiger partial charge in [0, 0.05) is 28.7 Å². The topological polar surface area (TPSA) is 86.8 Å². The largest absolute Gasteiger partial charge is 0.354 e. The Bertz CT molecular complexity index is 1380. The van der Waals surface area contributed by atoms with Crippen LogP contribution in [0.15, 0.2) is 77.7 Å². The number of amides is 2. The van der Waals surface area contributed by atoms with E-state index in [9.17, 15) is 18.0 Å². The molecule has 2 amide bonds. The molecule has 208 valence electrons. The molecule has 39 heavy (non-hydrogen) atoms. The predicted octanol–water partition coefficient (Wildman–Crippen LogP) is 5.69. The fourth-order valence-corrected chi connectivity index (χ4v) is 6.11. The Hall–Kier alpha value is -3.07. The van der Waals surface area contributed by atoms with Gasteiger partial charge in [-0.1, -0.05) is 79.5 Å². The standard InChI is InChI=1S/C29H33Cl2N3O4S/c1-4-18-32-29(36)21(3)33(19-24-25(30)15-11-16-26(24)31)28(35)20-34(27-17-10-9-12-22(27)5-2)39(37,38)23-13-7-6-8-14-23/h6-17,21H,4-5,18-20H2,1-3H3,(H,32,36)/t21-/m0/s1. The number of nitrogens with one attached hydrogen (secondary N) is 1. The minimum absolute atomic E-state index is 0.0538. The molecule has 0 spiro atoms. The fourth-order valence-electron chi connectivity index (χ4n) is 4.12. The summed E-state index contributed by atoms with van der Waals surface area (Å²) in [7, 11) is -4.13. The highest BCUT2D eigenvalue weighted by molar-refractivity contribution is 7.92. The number of nitrogens with zero attached hydrogens (tertiary/aromatic N) is 2. The number of halogens is 2. The molecule has 0 saturated carbocycles. The second kappa shape index (κ2) is 13.8. The second-order valence-corrected chi connectivity index (χ2v) is 11.7. The van der Waals surface area contributed by atoms with Gasteiger partial charge in [-0.25, -0.2) is 8.42 Å². The summed E-state index contributed by atoms with van der Waals surface area (Å²) < 4.78 is 28.9. The van der Waals surface area contributed by atoms with Crippen molar-refractivity contribution in [2.45, 2.75) is 51.1 Å². The van der Waals surface area contributed by atoms with E-state index in [2.05, 4.69) is 5.32 Å². The number of benzene rings is 3. The van der Waals surface area contributed by atoms with Crippen LogP contribution in [-0.4, -0.2) is 44.3 Å². The van der Waals surface area contributed by atoms with E-state index in [0.29, 0.717) is 34.3 Å². The van der Waals surface area contributed by atoms with Crippen LogP contribution in [0.4, 0.5) is 5.69 Å². The third-order valence-corrected chi connectivity index (χ3v) is 8.84. The monoisotopic (exact) mass is 589 g/mol. The summed E-state index contributed by atoms with van der Waals surface area (Å²) in [5.41, 5.74) is 1.63. The first-order valence-electron chi connectivity index (χ1n) is 12.8. The highest BCUT2D eigenvalue weighted by Gasteiger charge is 2.33. The van der Waals surface area contributed by atoms with Crippen LogP contribution in [-0.2, 0) is 32.6 Å². The molecule has 0 heterocycles. The minimum atomic E-state index is -4.13. The average Bonchev–Trinajstić information content (AvgIpc) is 2.94. The highest BCUT2D eigenvalue weighted by atomic mass is 35.5. The molecular weight excluding hydrogens is 557 g/mol. The maximum Gasteiger partial charge on any atom is 0.264 e.